The molecule has 1 aliphatic carbocycles. The molecule has 0 spiro atoms. The van der Waals surface area contributed by atoms with Crippen LogP contribution in [0.2, 0.25) is 0 Å². The highest BCUT2D eigenvalue weighted by atomic mass is 127. The summed E-state index contributed by atoms with van der Waals surface area (Å²) in [5, 5.41) is 7.17. The highest BCUT2D eigenvalue weighted by molar-refractivity contribution is 14.0. The maximum Gasteiger partial charge on any atom is 0.191 e. The van der Waals surface area contributed by atoms with Crippen LogP contribution in [0.4, 0.5) is 0 Å². The van der Waals surface area contributed by atoms with Crippen LogP contribution in [0.3, 0.4) is 0 Å². The first-order valence-corrected chi connectivity index (χ1v) is 12.8. The van der Waals surface area contributed by atoms with Crippen molar-refractivity contribution in [3.05, 3.63) is 0 Å². The summed E-state index contributed by atoms with van der Waals surface area (Å²) in [7, 11) is 2.23. The number of nitrogens with one attached hydrogen (secondary N) is 2. The van der Waals surface area contributed by atoms with Gasteiger partial charge in [0.1, 0.15) is 0 Å². The Hall–Kier alpha value is -0.120. The predicted octanol–water partition coefficient (Wildman–Crippen LogP) is 3.23. The molecule has 6 nitrogen and oxygen atoms in total. The number of piperidine rings is 1. The molecule has 7 heteroatoms. The van der Waals surface area contributed by atoms with Gasteiger partial charge >= 0.3 is 0 Å². The molecular weight excluding hydrogens is 499 g/mol. The lowest BCUT2D eigenvalue weighted by molar-refractivity contribution is 0.0407. The first kappa shape index (κ1) is 27.1. The summed E-state index contributed by atoms with van der Waals surface area (Å²) in [6.45, 7) is 15.9. The van der Waals surface area contributed by atoms with Crippen LogP contribution in [0.15, 0.2) is 4.99 Å². The van der Waals surface area contributed by atoms with Crippen LogP contribution in [0.5, 0.6) is 0 Å². The van der Waals surface area contributed by atoms with Gasteiger partial charge in [-0.25, -0.2) is 0 Å². The van der Waals surface area contributed by atoms with E-state index in [1.165, 1.54) is 97.2 Å². The van der Waals surface area contributed by atoms with Gasteiger partial charge in [0.25, 0.3) is 0 Å². The lowest BCUT2D eigenvalue weighted by Gasteiger charge is -2.47. The predicted molar refractivity (Wildman–Crippen MR) is 144 cm³/mol. The third-order valence-electron chi connectivity index (χ3n) is 7.47. The Morgan fingerprint density at radius 3 is 2.19 bits per heavy atom. The Morgan fingerprint density at radius 1 is 0.903 bits per heavy atom. The van der Waals surface area contributed by atoms with Crippen molar-refractivity contribution in [2.24, 2.45) is 10.9 Å². The molecule has 3 rings (SSSR count). The molecular formula is C24H49IN6. The van der Waals surface area contributed by atoms with Crippen molar-refractivity contribution in [1.29, 1.82) is 0 Å². The summed E-state index contributed by atoms with van der Waals surface area (Å²) in [6.07, 6.45) is 11.0. The summed E-state index contributed by atoms with van der Waals surface area (Å²) in [5.41, 5.74) is 0.312. The Kier molecular flexibility index (Phi) is 12.4. The number of halogens is 1. The Morgan fingerprint density at radius 2 is 1.55 bits per heavy atom. The monoisotopic (exact) mass is 548 g/mol. The van der Waals surface area contributed by atoms with E-state index in [4.69, 9.17) is 4.99 Å². The van der Waals surface area contributed by atoms with Gasteiger partial charge in [0.2, 0.25) is 0 Å². The van der Waals surface area contributed by atoms with E-state index in [1.807, 2.05) is 0 Å². The average molecular weight is 549 g/mol. The van der Waals surface area contributed by atoms with Gasteiger partial charge in [-0.1, -0.05) is 32.6 Å². The number of hydrogen-bond acceptors (Lipinski definition) is 4. The van der Waals surface area contributed by atoms with E-state index in [0.29, 0.717) is 11.5 Å². The number of likely N-dealkylation sites (tertiary alicyclic amines) is 1. The summed E-state index contributed by atoms with van der Waals surface area (Å²) in [4.78, 5) is 13.0. The van der Waals surface area contributed by atoms with Gasteiger partial charge in [-0.05, 0) is 58.7 Å². The van der Waals surface area contributed by atoms with Crippen LogP contribution in [-0.2, 0) is 0 Å². The highest BCUT2D eigenvalue weighted by Crippen LogP contribution is 2.35. The van der Waals surface area contributed by atoms with Gasteiger partial charge in [0, 0.05) is 51.4 Å². The minimum Gasteiger partial charge on any atom is -0.357 e. The second-order valence-corrected chi connectivity index (χ2v) is 10.1. The third-order valence-corrected chi connectivity index (χ3v) is 7.47. The molecule has 1 atom stereocenters. The smallest absolute Gasteiger partial charge is 0.191 e. The summed E-state index contributed by atoms with van der Waals surface area (Å²) in [5.74, 6) is 1.65. The number of nitrogens with zero attached hydrogens (tertiary/aromatic N) is 4. The molecule has 0 bridgehead atoms. The SMILES string of the molecule is CCNC(=NCC1(N2CCCCC2)CCCCC1)NCC(C)CN1CCN(C)CC1.I. The van der Waals surface area contributed by atoms with E-state index in [0.717, 1.165) is 25.6 Å². The number of aliphatic imine (C=N–C) groups is 1. The molecule has 0 aromatic carbocycles. The summed E-state index contributed by atoms with van der Waals surface area (Å²) >= 11 is 0. The molecule has 2 heterocycles. The molecule has 2 saturated heterocycles. The van der Waals surface area contributed by atoms with E-state index in [2.05, 4.69) is 46.2 Å². The Bertz CT molecular complexity index is 508. The quantitative estimate of drug-likeness (QED) is 0.277. The topological polar surface area (TPSA) is 46.1 Å². The molecule has 0 aromatic rings. The van der Waals surface area contributed by atoms with Crippen molar-refractivity contribution in [2.45, 2.75) is 70.8 Å². The second-order valence-electron chi connectivity index (χ2n) is 10.1. The fraction of sp³-hybridized carbons (Fsp3) is 0.958. The van der Waals surface area contributed by atoms with Gasteiger partial charge < -0.3 is 20.4 Å². The van der Waals surface area contributed by atoms with Crippen molar-refractivity contribution in [3.63, 3.8) is 0 Å². The van der Waals surface area contributed by atoms with Crippen molar-refractivity contribution < 1.29 is 0 Å². The van der Waals surface area contributed by atoms with Crippen molar-refractivity contribution >= 4 is 29.9 Å². The molecule has 0 aromatic heterocycles. The normalized spacial score (nSPS) is 24.9. The van der Waals surface area contributed by atoms with Gasteiger partial charge in [0.05, 0.1) is 6.54 Å². The van der Waals surface area contributed by atoms with E-state index < -0.39 is 0 Å². The van der Waals surface area contributed by atoms with Gasteiger partial charge in [-0.3, -0.25) is 9.89 Å². The second kappa shape index (κ2) is 14.2. The zero-order valence-electron chi connectivity index (χ0n) is 20.5. The highest BCUT2D eigenvalue weighted by Gasteiger charge is 2.38. The molecule has 1 saturated carbocycles. The van der Waals surface area contributed by atoms with Crippen LogP contribution >= 0.6 is 24.0 Å². The van der Waals surface area contributed by atoms with Crippen molar-refractivity contribution in [2.75, 3.05) is 72.5 Å². The first-order valence-electron chi connectivity index (χ1n) is 12.8. The lowest BCUT2D eigenvalue weighted by Crippen LogP contribution is -2.55. The van der Waals surface area contributed by atoms with E-state index >= 15 is 0 Å². The molecule has 2 aliphatic heterocycles. The van der Waals surface area contributed by atoms with Crippen LogP contribution in [0.25, 0.3) is 0 Å². The zero-order chi connectivity index (χ0) is 21.2. The van der Waals surface area contributed by atoms with Crippen molar-refractivity contribution in [1.82, 2.24) is 25.3 Å². The number of hydrogen-bond donors (Lipinski definition) is 2. The first-order chi connectivity index (χ1) is 14.6. The molecule has 1 unspecified atom stereocenters. The van der Waals surface area contributed by atoms with Crippen LogP contribution in [0.1, 0.15) is 65.2 Å². The van der Waals surface area contributed by atoms with E-state index in [1.54, 1.807) is 0 Å². The van der Waals surface area contributed by atoms with Gasteiger partial charge in [0.15, 0.2) is 5.96 Å². The summed E-state index contributed by atoms with van der Waals surface area (Å²) in [6, 6.07) is 0. The zero-order valence-corrected chi connectivity index (χ0v) is 22.8. The molecule has 31 heavy (non-hydrogen) atoms. The largest absolute Gasteiger partial charge is 0.357 e. The molecule has 3 aliphatic rings. The van der Waals surface area contributed by atoms with Gasteiger partial charge in [-0.15, -0.1) is 24.0 Å². The number of rotatable bonds is 8. The summed E-state index contributed by atoms with van der Waals surface area (Å²) < 4.78 is 0. The van der Waals surface area contributed by atoms with Crippen LogP contribution in [-0.4, -0.2) is 98.7 Å². The maximum atomic E-state index is 5.15. The fourth-order valence-electron chi connectivity index (χ4n) is 5.53. The number of guanidine groups is 1. The van der Waals surface area contributed by atoms with Crippen LogP contribution < -0.4 is 10.6 Å². The minimum absolute atomic E-state index is 0. The van der Waals surface area contributed by atoms with Crippen LogP contribution in [0, 0.1) is 5.92 Å². The average Bonchev–Trinajstić information content (AvgIpc) is 2.78. The number of piperazine rings is 1. The number of likely N-dealkylation sites (N-methyl/N-ethyl adjacent to an activating group) is 1. The molecule has 182 valence electrons. The van der Waals surface area contributed by atoms with E-state index in [9.17, 15) is 0 Å². The standard InChI is InChI=1S/C24H48N6.HI/c1-4-25-23(26-19-22(2)20-29-17-15-28(3)16-18-29)27-21-24(11-7-5-8-12-24)30-13-9-6-10-14-30;/h22H,4-21H2,1-3H3,(H2,25,26,27);1H. The van der Waals surface area contributed by atoms with Gasteiger partial charge in [-0.2, -0.15) is 0 Å². The van der Waals surface area contributed by atoms with Crippen molar-refractivity contribution in [3.8, 4) is 0 Å². The minimum atomic E-state index is 0. The fourth-order valence-corrected chi connectivity index (χ4v) is 5.53. The maximum absolute atomic E-state index is 5.15. The molecule has 2 N–H and O–H groups in total. The molecule has 0 radical (unpaired) electrons. The Balaban J connectivity index is 0.00000341. The Labute approximate surface area is 209 Å². The third kappa shape index (κ3) is 8.63. The molecule has 3 fully saturated rings. The van der Waals surface area contributed by atoms with E-state index in [-0.39, 0.29) is 24.0 Å². The lowest BCUT2D eigenvalue weighted by atomic mass is 9.79. The molecule has 0 amide bonds.